The smallest absolute Gasteiger partial charge is 0.163 e. The zero-order valence-electron chi connectivity index (χ0n) is 14.0. The van der Waals surface area contributed by atoms with Crippen LogP contribution in [0.3, 0.4) is 0 Å². The Morgan fingerprint density at radius 2 is 1.83 bits per heavy atom. The van der Waals surface area contributed by atoms with Crippen LogP contribution in [0.4, 0.5) is 0 Å². The summed E-state index contributed by atoms with van der Waals surface area (Å²) in [4.78, 5) is 0. The quantitative estimate of drug-likeness (QED) is 0.869. The summed E-state index contributed by atoms with van der Waals surface area (Å²) in [6.45, 7) is 5.73. The van der Waals surface area contributed by atoms with Crippen molar-refractivity contribution in [1.29, 1.82) is 0 Å². The number of hydrogen-bond donors (Lipinski definition) is 1. The molecule has 1 aromatic carbocycles. The molecule has 122 valence electrons. The van der Waals surface area contributed by atoms with Crippen molar-refractivity contribution in [3.8, 4) is 23.7 Å². The third kappa shape index (κ3) is 5.73. The monoisotopic (exact) mass is 312 g/mol. The molecule has 3 heteroatoms. The molecule has 3 unspecified atom stereocenters. The fourth-order valence-corrected chi connectivity index (χ4v) is 2.52. The molecule has 0 aromatic heterocycles. The molecule has 0 amide bonds. The predicted octanol–water partition coefficient (Wildman–Crippen LogP) is 2.92. The maximum atomic E-state index is 9.36. The zero-order valence-corrected chi connectivity index (χ0v) is 14.0. The summed E-state index contributed by atoms with van der Waals surface area (Å²) in [7, 11) is 0. The standard InChI is InChI=1S/C20H24O3/c1-4-17(21)13-9-6-10-14-18-19(23-20(2,3)22-18)15-16-11-7-5-8-12-16/h5,7-8,11-12,17-19,21H,4,14-15H2,1-3H3. The summed E-state index contributed by atoms with van der Waals surface area (Å²) in [5, 5.41) is 9.36. The first-order valence-corrected chi connectivity index (χ1v) is 8.06. The minimum Gasteiger partial charge on any atom is -0.380 e. The fourth-order valence-electron chi connectivity index (χ4n) is 2.52. The number of ether oxygens (including phenoxy) is 2. The summed E-state index contributed by atoms with van der Waals surface area (Å²) in [6.07, 6.45) is 1.29. The molecule has 1 N–H and O–H groups in total. The molecule has 0 saturated carbocycles. The Kier molecular flexibility index (Phi) is 6.25. The molecular weight excluding hydrogens is 288 g/mol. The molecule has 1 aliphatic heterocycles. The molecular formula is C20H24O3. The van der Waals surface area contributed by atoms with E-state index in [0.717, 1.165) is 6.42 Å². The van der Waals surface area contributed by atoms with E-state index < -0.39 is 11.9 Å². The van der Waals surface area contributed by atoms with Crippen LogP contribution >= 0.6 is 0 Å². The number of aliphatic hydroxyl groups is 1. The molecule has 1 fully saturated rings. The van der Waals surface area contributed by atoms with Crippen molar-refractivity contribution >= 4 is 0 Å². The van der Waals surface area contributed by atoms with Gasteiger partial charge in [-0.05, 0) is 37.7 Å². The van der Waals surface area contributed by atoms with E-state index in [2.05, 4.69) is 35.8 Å². The van der Waals surface area contributed by atoms with Gasteiger partial charge < -0.3 is 14.6 Å². The maximum absolute atomic E-state index is 9.36. The second kappa shape index (κ2) is 8.18. The predicted molar refractivity (Wildman–Crippen MR) is 90.4 cm³/mol. The van der Waals surface area contributed by atoms with Gasteiger partial charge in [0.25, 0.3) is 0 Å². The molecule has 3 nitrogen and oxygen atoms in total. The first kappa shape index (κ1) is 17.6. The molecule has 1 heterocycles. The SMILES string of the molecule is CCC(O)C#CC#CCC1OC(C)(C)OC1Cc1ccccc1. The van der Waals surface area contributed by atoms with Crippen molar-refractivity contribution in [3.63, 3.8) is 0 Å². The van der Waals surface area contributed by atoms with Gasteiger partial charge in [-0.2, -0.15) is 0 Å². The van der Waals surface area contributed by atoms with E-state index in [0.29, 0.717) is 12.8 Å². The van der Waals surface area contributed by atoms with Gasteiger partial charge >= 0.3 is 0 Å². The van der Waals surface area contributed by atoms with Gasteiger partial charge in [0, 0.05) is 12.8 Å². The Labute approximate surface area is 139 Å². The van der Waals surface area contributed by atoms with Crippen LogP contribution in [0, 0.1) is 23.7 Å². The lowest BCUT2D eigenvalue weighted by atomic mass is 10.0. The molecule has 0 bridgehead atoms. The highest BCUT2D eigenvalue weighted by molar-refractivity contribution is 5.27. The van der Waals surface area contributed by atoms with Crippen molar-refractivity contribution in [2.75, 3.05) is 0 Å². The third-order valence-corrected chi connectivity index (χ3v) is 3.64. The molecule has 3 atom stereocenters. The van der Waals surface area contributed by atoms with Gasteiger partial charge in [0.15, 0.2) is 5.79 Å². The van der Waals surface area contributed by atoms with Gasteiger partial charge in [0.2, 0.25) is 0 Å². The topological polar surface area (TPSA) is 38.7 Å². The lowest BCUT2D eigenvalue weighted by molar-refractivity contribution is -0.145. The van der Waals surface area contributed by atoms with Crippen LogP contribution in [-0.2, 0) is 15.9 Å². The molecule has 2 rings (SSSR count). The summed E-state index contributed by atoms with van der Waals surface area (Å²) in [5.74, 6) is 10.6. The van der Waals surface area contributed by atoms with Crippen molar-refractivity contribution in [3.05, 3.63) is 35.9 Å². The second-order valence-corrected chi connectivity index (χ2v) is 6.10. The van der Waals surface area contributed by atoms with Gasteiger partial charge in [0.1, 0.15) is 6.10 Å². The van der Waals surface area contributed by atoms with Gasteiger partial charge in [-0.1, -0.05) is 49.1 Å². The minimum atomic E-state index is -0.597. The fraction of sp³-hybridized carbons (Fsp3) is 0.500. The van der Waals surface area contributed by atoms with Crippen LogP contribution in [0.25, 0.3) is 0 Å². The lowest BCUT2D eigenvalue weighted by Crippen LogP contribution is -2.24. The Morgan fingerprint density at radius 3 is 2.52 bits per heavy atom. The van der Waals surface area contributed by atoms with E-state index in [-0.39, 0.29) is 12.2 Å². The Morgan fingerprint density at radius 1 is 1.13 bits per heavy atom. The minimum absolute atomic E-state index is 0.0177. The maximum Gasteiger partial charge on any atom is 0.163 e. The first-order chi connectivity index (χ1) is 11.0. The number of aliphatic hydroxyl groups excluding tert-OH is 1. The number of rotatable bonds is 4. The zero-order chi connectivity index (χ0) is 16.7. The largest absolute Gasteiger partial charge is 0.380 e. The van der Waals surface area contributed by atoms with Crippen molar-refractivity contribution < 1.29 is 14.6 Å². The van der Waals surface area contributed by atoms with Crippen LogP contribution < -0.4 is 0 Å². The van der Waals surface area contributed by atoms with Crippen LogP contribution in [-0.4, -0.2) is 29.2 Å². The van der Waals surface area contributed by atoms with E-state index in [4.69, 9.17) is 9.47 Å². The molecule has 1 aromatic rings. The normalized spacial score (nSPS) is 23.3. The van der Waals surface area contributed by atoms with Crippen molar-refractivity contribution in [2.24, 2.45) is 0 Å². The Balaban J connectivity index is 1.97. The molecule has 0 aliphatic carbocycles. The number of benzene rings is 1. The van der Waals surface area contributed by atoms with E-state index >= 15 is 0 Å². The van der Waals surface area contributed by atoms with Crippen molar-refractivity contribution in [1.82, 2.24) is 0 Å². The van der Waals surface area contributed by atoms with Crippen LogP contribution in [0.2, 0.25) is 0 Å². The van der Waals surface area contributed by atoms with Crippen LogP contribution in [0.15, 0.2) is 30.3 Å². The van der Waals surface area contributed by atoms with Gasteiger partial charge in [-0.15, -0.1) is 0 Å². The van der Waals surface area contributed by atoms with Gasteiger partial charge in [-0.3, -0.25) is 0 Å². The third-order valence-electron chi connectivity index (χ3n) is 3.64. The molecule has 1 aliphatic rings. The van der Waals surface area contributed by atoms with E-state index in [9.17, 15) is 5.11 Å². The summed E-state index contributed by atoms with van der Waals surface area (Å²) in [6, 6.07) is 10.2. The van der Waals surface area contributed by atoms with Crippen LogP contribution in [0.5, 0.6) is 0 Å². The Hall–Kier alpha value is -1.78. The molecule has 0 radical (unpaired) electrons. The highest BCUT2D eigenvalue weighted by atomic mass is 16.7. The lowest BCUT2D eigenvalue weighted by Gasteiger charge is -2.16. The highest BCUT2D eigenvalue weighted by Crippen LogP contribution is 2.31. The first-order valence-electron chi connectivity index (χ1n) is 8.06. The average Bonchev–Trinajstić information content (AvgIpc) is 2.81. The molecule has 1 saturated heterocycles. The van der Waals surface area contributed by atoms with Crippen molar-refractivity contribution in [2.45, 2.75) is 64.1 Å². The molecule has 23 heavy (non-hydrogen) atoms. The van der Waals surface area contributed by atoms with E-state index in [1.807, 2.05) is 39.0 Å². The van der Waals surface area contributed by atoms with Crippen LogP contribution in [0.1, 0.15) is 39.2 Å². The number of hydrogen-bond acceptors (Lipinski definition) is 3. The highest BCUT2D eigenvalue weighted by Gasteiger charge is 2.40. The Bertz CT molecular complexity index is 613. The summed E-state index contributed by atoms with van der Waals surface area (Å²) >= 11 is 0. The van der Waals surface area contributed by atoms with Gasteiger partial charge in [-0.25, -0.2) is 0 Å². The van der Waals surface area contributed by atoms with E-state index in [1.165, 1.54) is 5.56 Å². The molecule has 0 spiro atoms. The summed E-state index contributed by atoms with van der Waals surface area (Å²) in [5.41, 5.74) is 1.22. The van der Waals surface area contributed by atoms with E-state index in [1.54, 1.807) is 0 Å². The summed E-state index contributed by atoms with van der Waals surface area (Å²) < 4.78 is 12.0. The second-order valence-electron chi connectivity index (χ2n) is 6.10. The van der Waals surface area contributed by atoms with Gasteiger partial charge in [0.05, 0.1) is 12.2 Å². The average molecular weight is 312 g/mol.